The lowest BCUT2D eigenvalue weighted by Gasteiger charge is -2.34. The summed E-state index contributed by atoms with van der Waals surface area (Å²) in [5.41, 5.74) is 0.250. The number of hydrogen-bond donors (Lipinski definition) is 0. The standard InChI is InChI=1S/C12H18O5/c1-5-10-7(2)11(17-8(3)13)9(6-16-10)12(14)15-4/h6-7,10-11H,5H2,1-4H3/t7-,10+,11-/m0/s1. The molecule has 0 aromatic heterocycles. The largest absolute Gasteiger partial charge is 0.497 e. The van der Waals surface area contributed by atoms with Crippen molar-refractivity contribution in [3.8, 4) is 0 Å². The van der Waals surface area contributed by atoms with Gasteiger partial charge in [0, 0.05) is 12.8 Å². The molecule has 0 spiro atoms. The van der Waals surface area contributed by atoms with E-state index in [0.717, 1.165) is 6.42 Å². The lowest BCUT2D eigenvalue weighted by molar-refractivity contribution is -0.153. The van der Waals surface area contributed by atoms with Crippen molar-refractivity contribution in [3.05, 3.63) is 11.8 Å². The van der Waals surface area contributed by atoms with Crippen molar-refractivity contribution < 1.29 is 23.8 Å². The molecule has 0 fully saturated rings. The Bertz CT molecular complexity index is 334. The van der Waals surface area contributed by atoms with E-state index in [9.17, 15) is 9.59 Å². The summed E-state index contributed by atoms with van der Waals surface area (Å²) in [6.07, 6.45) is 1.46. The molecular weight excluding hydrogens is 224 g/mol. The summed E-state index contributed by atoms with van der Waals surface area (Å²) in [4.78, 5) is 22.6. The Morgan fingerprint density at radius 3 is 2.59 bits per heavy atom. The van der Waals surface area contributed by atoms with E-state index >= 15 is 0 Å². The van der Waals surface area contributed by atoms with E-state index in [1.807, 2.05) is 13.8 Å². The minimum atomic E-state index is -0.598. The van der Waals surface area contributed by atoms with Crippen molar-refractivity contribution in [2.24, 2.45) is 5.92 Å². The van der Waals surface area contributed by atoms with E-state index < -0.39 is 18.0 Å². The fourth-order valence-electron chi connectivity index (χ4n) is 1.93. The highest BCUT2D eigenvalue weighted by Gasteiger charge is 2.38. The average molecular weight is 242 g/mol. The van der Waals surface area contributed by atoms with Crippen LogP contribution in [0, 0.1) is 5.92 Å². The first kappa shape index (κ1) is 13.5. The zero-order valence-electron chi connectivity index (χ0n) is 10.6. The monoisotopic (exact) mass is 242 g/mol. The summed E-state index contributed by atoms with van der Waals surface area (Å²) in [5, 5.41) is 0. The van der Waals surface area contributed by atoms with Crippen LogP contribution in [0.5, 0.6) is 0 Å². The van der Waals surface area contributed by atoms with Gasteiger partial charge < -0.3 is 14.2 Å². The number of carbonyl (C=O) groups excluding carboxylic acids is 2. The van der Waals surface area contributed by atoms with E-state index in [0.29, 0.717) is 0 Å². The Kier molecular flexibility index (Phi) is 4.54. The van der Waals surface area contributed by atoms with Crippen LogP contribution in [0.1, 0.15) is 27.2 Å². The molecule has 0 aliphatic carbocycles. The maximum Gasteiger partial charge on any atom is 0.340 e. The number of ether oxygens (including phenoxy) is 3. The van der Waals surface area contributed by atoms with Crippen LogP contribution in [0.15, 0.2) is 11.8 Å². The Hall–Kier alpha value is -1.52. The second kappa shape index (κ2) is 5.70. The highest BCUT2D eigenvalue weighted by atomic mass is 16.6. The van der Waals surface area contributed by atoms with E-state index in [-0.39, 0.29) is 17.6 Å². The summed E-state index contributed by atoms with van der Waals surface area (Å²) in [5.74, 6) is -1.03. The van der Waals surface area contributed by atoms with Crippen molar-refractivity contribution in [3.63, 3.8) is 0 Å². The molecule has 0 saturated heterocycles. The first-order chi connectivity index (χ1) is 8.01. The number of carbonyl (C=O) groups is 2. The molecule has 96 valence electrons. The van der Waals surface area contributed by atoms with Gasteiger partial charge in [0.1, 0.15) is 17.8 Å². The Labute approximate surface area is 101 Å². The molecule has 0 N–H and O–H groups in total. The summed E-state index contributed by atoms with van der Waals surface area (Å²) in [6.45, 7) is 5.18. The molecular formula is C12H18O5. The predicted molar refractivity (Wildman–Crippen MR) is 60.0 cm³/mol. The van der Waals surface area contributed by atoms with E-state index in [1.54, 1.807) is 0 Å². The van der Waals surface area contributed by atoms with Crippen molar-refractivity contribution in [1.29, 1.82) is 0 Å². The van der Waals surface area contributed by atoms with Gasteiger partial charge in [-0.25, -0.2) is 4.79 Å². The Balaban J connectivity index is 2.96. The molecule has 0 bridgehead atoms. The second-order valence-electron chi connectivity index (χ2n) is 4.04. The summed E-state index contributed by atoms with van der Waals surface area (Å²) < 4.78 is 15.3. The molecule has 1 rings (SSSR count). The van der Waals surface area contributed by atoms with E-state index in [1.165, 1.54) is 20.3 Å². The zero-order chi connectivity index (χ0) is 13.0. The van der Waals surface area contributed by atoms with Crippen LogP contribution < -0.4 is 0 Å². The number of rotatable bonds is 3. The molecule has 3 atom stereocenters. The molecule has 5 nitrogen and oxygen atoms in total. The Morgan fingerprint density at radius 2 is 2.12 bits per heavy atom. The molecule has 1 heterocycles. The highest BCUT2D eigenvalue weighted by Crippen LogP contribution is 2.29. The number of methoxy groups -OCH3 is 1. The van der Waals surface area contributed by atoms with Gasteiger partial charge in [-0.15, -0.1) is 0 Å². The second-order valence-corrected chi connectivity index (χ2v) is 4.04. The lowest BCUT2D eigenvalue weighted by Crippen LogP contribution is -2.40. The molecule has 17 heavy (non-hydrogen) atoms. The third-order valence-electron chi connectivity index (χ3n) is 2.86. The average Bonchev–Trinajstić information content (AvgIpc) is 2.30. The topological polar surface area (TPSA) is 61.8 Å². The van der Waals surface area contributed by atoms with Gasteiger partial charge in [0.05, 0.1) is 13.4 Å². The fraction of sp³-hybridized carbons (Fsp3) is 0.667. The van der Waals surface area contributed by atoms with Gasteiger partial charge in [0.2, 0.25) is 0 Å². The van der Waals surface area contributed by atoms with Crippen LogP contribution >= 0.6 is 0 Å². The third kappa shape index (κ3) is 2.99. The fourth-order valence-corrected chi connectivity index (χ4v) is 1.93. The van der Waals surface area contributed by atoms with Crippen LogP contribution in [0.3, 0.4) is 0 Å². The number of esters is 2. The number of hydrogen-bond acceptors (Lipinski definition) is 5. The lowest BCUT2D eigenvalue weighted by atomic mass is 9.89. The minimum absolute atomic E-state index is 0.0623. The van der Waals surface area contributed by atoms with E-state index in [2.05, 4.69) is 4.74 Å². The predicted octanol–water partition coefficient (Wildman–Crippen LogP) is 1.42. The van der Waals surface area contributed by atoms with Crippen molar-refractivity contribution >= 4 is 11.9 Å². The Morgan fingerprint density at radius 1 is 1.47 bits per heavy atom. The van der Waals surface area contributed by atoms with Crippen molar-refractivity contribution in [1.82, 2.24) is 0 Å². The molecule has 1 aliphatic heterocycles. The maximum absolute atomic E-state index is 11.5. The van der Waals surface area contributed by atoms with E-state index in [4.69, 9.17) is 9.47 Å². The molecule has 1 aliphatic rings. The van der Waals surface area contributed by atoms with Gasteiger partial charge in [-0.05, 0) is 6.42 Å². The van der Waals surface area contributed by atoms with Gasteiger partial charge in [-0.2, -0.15) is 0 Å². The van der Waals surface area contributed by atoms with Crippen LogP contribution in [0.2, 0.25) is 0 Å². The van der Waals surface area contributed by atoms with Gasteiger partial charge in [-0.1, -0.05) is 13.8 Å². The van der Waals surface area contributed by atoms with Gasteiger partial charge >= 0.3 is 11.9 Å². The molecule has 0 radical (unpaired) electrons. The van der Waals surface area contributed by atoms with Crippen LogP contribution in [-0.2, 0) is 23.8 Å². The summed E-state index contributed by atoms with van der Waals surface area (Å²) in [6, 6.07) is 0. The SMILES string of the molecule is CC[C@H]1OC=C(C(=O)OC)[C@@H](OC(C)=O)[C@H]1C. The molecule has 0 amide bonds. The molecule has 0 aromatic carbocycles. The third-order valence-corrected chi connectivity index (χ3v) is 2.86. The maximum atomic E-state index is 11.5. The van der Waals surface area contributed by atoms with Crippen molar-refractivity contribution in [2.75, 3.05) is 7.11 Å². The first-order valence-electron chi connectivity index (χ1n) is 5.62. The zero-order valence-corrected chi connectivity index (χ0v) is 10.6. The summed E-state index contributed by atoms with van der Waals surface area (Å²) >= 11 is 0. The van der Waals surface area contributed by atoms with Gasteiger partial charge in [0.25, 0.3) is 0 Å². The first-order valence-corrected chi connectivity index (χ1v) is 5.62. The highest BCUT2D eigenvalue weighted by molar-refractivity contribution is 5.90. The van der Waals surface area contributed by atoms with Gasteiger partial charge in [0.15, 0.2) is 0 Å². The molecule has 0 unspecified atom stereocenters. The normalized spacial score (nSPS) is 27.8. The van der Waals surface area contributed by atoms with Crippen molar-refractivity contribution in [2.45, 2.75) is 39.4 Å². The van der Waals surface area contributed by atoms with Crippen LogP contribution in [0.25, 0.3) is 0 Å². The smallest absolute Gasteiger partial charge is 0.340 e. The van der Waals surface area contributed by atoms with Crippen LogP contribution in [0.4, 0.5) is 0 Å². The summed E-state index contributed by atoms with van der Waals surface area (Å²) in [7, 11) is 1.28. The quantitative estimate of drug-likeness (QED) is 0.700. The molecule has 0 saturated carbocycles. The van der Waals surface area contributed by atoms with Crippen LogP contribution in [-0.4, -0.2) is 31.3 Å². The molecule has 5 heteroatoms. The molecule has 0 aromatic rings. The van der Waals surface area contributed by atoms with Gasteiger partial charge in [-0.3, -0.25) is 4.79 Å². The minimum Gasteiger partial charge on any atom is -0.497 e.